The maximum atomic E-state index is 11.3. The van der Waals surface area contributed by atoms with E-state index in [-0.39, 0.29) is 0 Å². The van der Waals surface area contributed by atoms with Gasteiger partial charge in [0.05, 0.1) is 24.1 Å². The minimum absolute atomic E-state index is 0.429. The predicted molar refractivity (Wildman–Crippen MR) is 81.3 cm³/mol. The summed E-state index contributed by atoms with van der Waals surface area (Å²) in [7, 11) is 1.65. The number of carbonyl (C=O) groups excluding carboxylic acids is 1. The molecule has 0 unspecified atom stereocenters. The SMILES string of the molecule is COc1ccc(-n2cc(C=O)c(C3CCCCC3)n2)cc1. The molecule has 0 radical (unpaired) electrons. The molecule has 1 aromatic heterocycles. The lowest BCUT2D eigenvalue weighted by Crippen LogP contribution is -2.07. The first-order valence-corrected chi connectivity index (χ1v) is 7.51. The Bertz CT molecular complexity index is 610. The molecule has 0 atom stereocenters. The molecule has 4 heteroatoms. The number of rotatable bonds is 4. The van der Waals surface area contributed by atoms with Crippen molar-refractivity contribution >= 4 is 6.29 Å². The van der Waals surface area contributed by atoms with Crippen molar-refractivity contribution in [2.45, 2.75) is 38.0 Å². The molecular formula is C17H20N2O2. The van der Waals surface area contributed by atoms with Crippen LogP contribution < -0.4 is 4.74 Å². The smallest absolute Gasteiger partial charge is 0.153 e. The second kappa shape index (κ2) is 6.12. The summed E-state index contributed by atoms with van der Waals surface area (Å²) >= 11 is 0. The van der Waals surface area contributed by atoms with E-state index in [0.29, 0.717) is 5.92 Å². The quantitative estimate of drug-likeness (QED) is 0.803. The Balaban J connectivity index is 1.92. The van der Waals surface area contributed by atoms with Crippen molar-refractivity contribution in [3.63, 3.8) is 0 Å². The van der Waals surface area contributed by atoms with E-state index in [4.69, 9.17) is 4.74 Å². The van der Waals surface area contributed by atoms with Gasteiger partial charge in [0.1, 0.15) is 5.75 Å². The average Bonchev–Trinajstić information content (AvgIpc) is 3.00. The van der Waals surface area contributed by atoms with Crippen LogP contribution in [0.25, 0.3) is 5.69 Å². The van der Waals surface area contributed by atoms with Crippen molar-refractivity contribution in [2.24, 2.45) is 0 Å². The molecule has 1 aliphatic rings. The molecule has 1 saturated carbocycles. The third kappa shape index (κ3) is 2.84. The molecule has 0 N–H and O–H groups in total. The maximum absolute atomic E-state index is 11.3. The Morgan fingerprint density at radius 1 is 1.19 bits per heavy atom. The molecule has 0 spiro atoms. The van der Waals surface area contributed by atoms with Crippen LogP contribution in [-0.2, 0) is 0 Å². The van der Waals surface area contributed by atoms with Crippen LogP contribution in [0.3, 0.4) is 0 Å². The second-order valence-electron chi connectivity index (χ2n) is 5.57. The van der Waals surface area contributed by atoms with Gasteiger partial charge >= 0.3 is 0 Å². The molecule has 1 aromatic carbocycles. The number of nitrogens with zero attached hydrogens (tertiary/aromatic N) is 2. The van der Waals surface area contributed by atoms with Crippen molar-refractivity contribution in [1.29, 1.82) is 0 Å². The molecule has 4 nitrogen and oxygen atoms in total. The van der Waals surface area contributed by atoms with Crippen LogP contribution in [-0.4, -0.2) is 23.2 Å². The molecule has 0 bridgehead atoms. The van der Waals surface area contributed by atoms with Gasteiger partial charge in [-0.1, -0.05) is 19.3 Å². The summed E-state index contributed by atoms with van der Waals surface area (Å²) in [5, 5.41) is 4.68. The highest BCUT2D eigenvalue weighted by Crippen LogP contribution is 2.33. The van der Waals surface area contributed by atoms with Crippen molar-refractivity contribution in [2.75, 3.05) is 7.11 Å². The molecule has 0 aliphatic heterocycles. The van der Waals surface area contributed by atoms with Gasteiger partial charge in [0.2, 0.25) is 0 Å². The Morgan fingerprint density at radius 3 is 2.52 bits per heavy atom. The van der Waals surface area contributed by atoms with Crippen LogP contribution in [0.4, 0.5) is 0 Å². The lowest BCUT2D eigenvalue weighted by Gasteiger charge is -2.20. The first kappa shape index (κ1) is 13.9. The number of benzene rings is 1. The van der Waals surface area contributed by atoms with Crippen molar-refractivity contribution < 1.29 is 9.53 Å². The third-order valence-corrected chi connectivity index (χ3v) is 4.23. The first-order chi connectivity index (χ1) is 10.3. The summed E-state index contributed by atoms with van der Waals surface area (Å²) in [4.78, 5) is 11.3. The minimum Gasteiger partial charge on any atom is -0.497 e. The first-order valence-electron chi connectivity index (χ1n) is 7.51. The average molecular weight is 284 g/mol. The van der Waals surface area contributed by atoms with Gasteiger partial charge in [0, 0.05) is 12.1 Å². The zero-order valence-electron chi connectivity index (χ0n) is 12.3. The zero-order chi connectivity index (χ0) is 14.7. The summed E-state index contributed by atoms with van der Waals surface area (Å²) in [6.07, 6.45) is 8.81. The van der Waals surface area contributed by atoms with Crippen LogP contribution in [0.2, 0.25) is 0 Å². The van der Waals surface area contributed by atoms with E-state index in [1.165, 1.54) is 19.3 Å². The van der Waals surface area contributed by atoms with E-state index in [9.17, 15) is 4.79 Å². The molecule has 0 saturated heterocycles. The highest BCUT2D eigenvalue weighted by atomic mass is 16.5. The molecule has 2 aromatic rings. The van der Waals surface area contributed by atoms with E-state index in [0.717, 1.165) is 41.8 Å². The number of methoxy groups -OCH3 is 1. The van der Waals surface area contributed by atoms with Crippen molar-refractivity contribution in [3.05, 3.63) is 41.7 Å². The predicted octanol–water partition coefficient (Wildman–Crippen LogP) is 3.74. The van der Waals surface area contributed by atoms with Gasteiger partial charge in [-0.25, -0.2) is 4.68 Å². The van der Waals surface area contributed by atoms with Gasteiger partial charge in [-0.3, -0.25) is 4.79 Å². The Hall–Kier alpha value is -2.10. The number of hydrogen-bond donors (Lipinski definition) is 0. The van der Waals surface area contributed by atoms with Gasteiger partial charge in [0.25, 0.3) is 0 Å². The van der Waals surface area contributed by atoms with E-state index in [1.54, 1.807) is 11.8 Å². The topological polar surface area (TPSA) is 44.1 Å². The van der Waals surface area contributed by atoms with Crippen LogP contribution in [0, 0.1) is 0 Å². The fourth-order valence-electron chi connectivity index (χ4n) is 3.05. The van der Waals surface area contributed by atoms with Gasteiger partial charge < -0.3 is 4.74 Å². The van der Waals surface area contributed by atoms with E-state index >= 15 is 0 Å². The van der Waals surface area contributed by atoms with Crippen molar-refractivity contribution in [1.82, 2.24) is 9.78 Å². The number of hydrogen-bond acceptors (Lipinski definition) is 3. The van der Waals surface area contributed by atoms with Crippen LogP contribution in [0.1, 0.15) is 54.1 Å². The fourth-order valence-corrected chi connectivity index (χ4v) is 3.05. The third-order valence-electron chi connectivity index (χ3n) is 4.23. The molecule has 3 rings (SSSR count). The number of carbonyl (C=O) groups is 1. The Kier molecular flexibility index (Phi) is 4.04. The lowest BCUT2D eigenvalue weighted by atomic mass is 9.86. The number of ether oxygens (including phenoxy) is 1. The standard InChI is InChI=1S/C17H20N2O2/c1-21-16-9-7-15(8-10-16)19-11-14(12-20)17(18-19)13-5-3-2-4-6-13/h7-13H,2-6H2,1H3. The Labute approximate surface area is 124 Å². The molecule has 1 aliphatic carbocycles. The van der Waals surface area contributed by atoms with E-state index < -0.39 is 0 Å². The lowest BCUT2D eigenvalue weighted by molar-refractivity contribution is 0.112. The summed E-state index contributed by atoms with van der Waals surface area (Å²) in [5.74, 6) is 1.24. The zero-order valence-corrected chi connectivity index (χ0v) is 12.3. The van der Waals surface area contributed by atoms with Gasteiger partial charge in [0.15, 0.2) is 6.29 Å². The highest BCUT2D eigenvalue weighted by molar-refractivity contribution is 5.76. The van der Waals surface area contributed by atoms with Crippen LogP contribution >= 0.6 is 0 Å². The van der Waals surface area contributed by atoms with Crippen LogP contribution in [0.5, 0.6) is 5.75 Å². The van der Waals surface area contributed by atoms with E-state index in [2.05, 4.69) is 5.10 Å². The van der Waals surface area contributed by atoms with Gasteiger partial charge in [-0.15, -0.1) is 0 Å². The van der Waals surface area contributed by atoms with Crippen LogP contribution in [0.15, 0.2) is 30.5 Å². The highest BCUT2D eigenvalue weighted by Gasteiger charge is 2.22. The summed E-state index contributed by atoms with van der Waals surface area (Å²) in [5.41, 5.74) is 2.62. The number of aldehydes is 1. The second-order valence-corrected chi connectivity index (χ2v) is 5.57. The van der Waals surface area contributed by atoms with Crippen molar-refractivity contribution in [3.8, 4) is 11.4 Å². The van der Waals surface area contributed by atoms with Gasteiger partial charge in [-0.05, 0) is 37.1 Å². The van der Waals surface area contributed by atoms with E-state index in [1.807, 2.05) is 30.5 Å². The minimum atomic E-state index is 0.429. The summed E-state index contributed by atoms with van der Waals surface area (Å²) in [6.45, 7) is 0. The molecular weight excluding hydrogens is 264 g/mol. The normalized spacial score (nSPS) is 15.9. The Morgan fingerprint density at radius 2 is 1.90 bits per heavy atom. The maximum Gasteiger partial charge on any atom is 0.153 e. The largest absolute Gasteiger partial charge is 0.497 e. The monoisotopic (exact) mass is 284 g/mol. The molecule has 110 valence electrons. The molecule has 1 fully saturated rings. The fraction of sp³-hybridized carbons (Fsp3) is 0.412. The van der Waals surface area contributed by atoms with Gasteiger partial charge in [-0.2, -0.15) is 5.10 Å². The summed E-state index contributed by atoms with van der Waals surface area (Å²) in [6, 6.07) is 7.70. The molecule has 1 heterocycles. The molecule has 0 amide bonds. The summed E-state index contributed by atoms with van der Waals surface area (Å²) < 4.78 is 6.96. The molecule has 21 heavy (non-hydrogen) atoms. The number of aromatic nitrogens is 2.